The lowest BCUT2D eigenvalue weighted by Gasteiger charge is -2.39. The van der Waals surface area contributed by atoms with Crippen LogP contribution in [-0.2, 0) is 0 Å². The van der Waals surface area contributed by atoms with Gasteiger partial charge in [-0.15, -0.1) is 0 Å². The highest BCUT2D eigenvalue weighted by atomic mass is 14.6. The molecule has 0 aromatic rings. The molecule has 3 aliphatic rings. The maximum atomic E-state index is 2.56. The third-order valence-corrected chi connectivity index (χ3v) is 5.36. The maximum absolute atomic E-state index is 2.56. The minimum absolute atomic E-state index is 0.697. The van der Waals surface area contributed by atoms with E-state index in [4.69, 9.17) is 0 Å². The van der Waals surface area contributed by atoms with E-state index in [1.165, 1.54) is 32.1 Å². The summed E-state index contributed by atoms with van der Waals surface area (Å²) in [7, 11) is 0. The minimum Gasteiger partial charge on any atom is -0.0620 e. The zero-order valence-electron chi connectivity index (χ0n) is 8.27. The molecule has 0 saturated heterocycles. The summed E-state index contributed by atoms with van der Waals surface area (Å²) in [6.07, 6.45) is 7.54. The molecule has 12 heavy (non-hydrogen) atoms. The molecular weight excluding hydrogens is 144 g/mol. The number of fused-ring (bicyclic) bond motifs is 5. The van der Waals surface area contributed by atoms with E-state index in [0.717, 1.165) is 17.8 Å². The molecule has 3 saturated carbocycles. The van der Waals surface area contributed by atoms with E-state index >= 15 is 0 Å². The molecule has 0 spiro atoms. The Morgan fingerprint density at radius 2 is 2.08 bits per heavy atom. The molecule has 1 radical (unpaired) electrons. The molecule has 3 fully saturated rings. The van der Waals surface area contributed by atoms with Crippen molar-refractivity contribution in [1.29, 1.82) is 0 Å². The average Bonchev–Trinajstić information content (AvgIpc) is 2.65. The molecule has 3 aliphatic carbocycles. The fourth-order valence-electron chi connectivity index (χ4n) is 4.44. The van der Waals surface area contributed by atoms with Crippen molar-refractivity contribution in [3.8, 4) is 0 Å². The van der Waals surface area contributed by atoms with Crippen molar-refractivity contribution >= 4 is 0 Å². The summed E-state index contributed by atoms with van der Waals surface area (Å²) in [5.74, 6) is 5.14. The van der Waals surface area contributed by atoms with Crippen LogP contribution in [0.3, 0.4) is 0 Å². The topological polar surface area (TPSA) is 0 Å². The standard InChI is InChI=1S/C12H19/c1-8-3-6-11-9-4-5-10(7-9)12(8,11)2/h8-9,11H,3-7H2,1-2H3. The van der Waals surface area contributed by atoms with Crippen molar-refractivity contribution in [3.63, 3.8) is 0 Å². The summed E-state index contributed by atoms with van der Waals surface area (Å²) in [6.45, 7) is 5.04. The summed E-state index contributed by atoms with van der Waals surface area (Å²) in [5, 5.41) is 0. The summed E-state index contributed by atoms with van der Waals surface area (Å²) in [6, 6.07) is 0. The Balaban J connectivity index is 2.01. The second-order valence-electron chi connectivity index (χ2n) is 5.47. The molecule has 0 aromatic heterocycles. The molecule has 67 valence electrons. The van der Waals surface area contributed by atoms with Crippen molar-refractivity contribution < 1.29 is 0 Å². The van der Waals surface area contributed by atoms with Crippen LogP contribution in [0, 0.1) is 29.1 Å². The molecule has 0 aliphatic heterocycles. The second kappa shape index (κ2) is 2.08. The van der Waals surface area contributed by atoms with Crippen LogP contribution in [0.4, 0.5) is 0 Å². The van der Waals surface area contributed by atoms with Crippen molar-refractivity contribution in [2.75, 3.05) is 0 Å². The predicted molar refractivity (Wildman–Crippen MR) is 50.6 cm³/mol. The van der Waals surface area contributed by atoms with Gasteiger partial charge in [-0.3, -0.25) is 0 Å². The van der Waals surface area contributed by atoms with Gasteiger partial charge in [-0.1, -0.05) is 13.8 Å². The Morgan fingerprint density at radius 3 is 2.83 bits per heavy atom. The van der Waals surface area contributed by atoms with Gasteiger partial charge in [0.2, 0.25) is 0 Å². The van der Waals surface area contributed by atoms with Crippen molar-refractivity contribution in [2.45, 2.75) is 46.0 Å². The van der Waals surface area contributed by atoms with Crippen molar-refractivity contribution in [2.24, 2.45) is 23.2 Å². The average molecular weight is 163 g/mol. The molecule has 4 atom stereocenters. The van der Waals surface area contributed by atoms with Crippen LogP contribution >= 0.6 is 0 Å². The zero-order chi connectivity index (χ0) is 8.34. The summed E-state index contributed by atoms with van der Waals surface area (Å²) in [5.41, 5.74) is 0.697. The van der Waals surface area contributed by atoms with Gasteiger partial charge in [-0.2, -0.15) is 0 Å². The molecule has 4 unspecified atom stereocenters. The quantitative estimate of drug-likeness (QED) is 0.513. The van der Waals surface area contributed by atoms with Gasteiger partial charge in [0.1, 0.15) is 0 Å². The highest BCUT2D eigenvalue weighted by molar-refractivity contribution is 5.23. The first-order valence-corrected chi connectivity index (χ1v) is 5.58. The normalized spacial score (nSPS) is 58.0. The molecule has 2 bridgehead atoms. The molecule has 0 heterocycles. The Morgan fingerprint density at radius 1 is 1.25 bits per heavy atom. The van der Waals surface area contributed by atoms with Gasteiger partial charge in [0.15, 0.2) is 0 Å². The number of rotatable bonds is 0. The second-order valence-corrected chi connectivity index (χ2v) is 5.47. The summed E-state index contributed by atoms with van der Waals surface area (Å²) >= 11 is 0. The van der Waals surface area contributed by atoms with Gasteiger partial charge in [0.25, 0.3) is 0 Å². The highest BCUT2D eigenvalue weighted by Gasteiger charge is 2.60. The molecule has 0 N–H and O–H groups in total. The van der Waals surface area contributed by atoms with Crippen LogP contribution < -0.4 is 0 Å². The van der Waals surface area contributed by atoms with E-state index in [0.29, 0.717) is 5.41 Å². The van der Waals surface area contributed by atoms with E-state index < -0.39 is 0 Å². The maximum Gasteiger partial charge on any atom is -0.0173 e. The Hall–Kier alpha value is 0. The minimum atomic E-state index is 0.697. The monoisotopic (exact) mass is 163 g/mol. The van der Waals surface area contributed by atoms with Gasteiger partial charge in [0.05, 0.1) is 0 Å². The zero-order valence-corrected chi connectivity index (χ0v) is 8.27. The fraction of sp³-hybridized carbons (Fsp3) is 0.917. The van der Waals surface area contributed by atoms with Crippen LogP contribution in [0.25, 0.3) is 0 Å². The Labute approximate surface area is 75.7 Å². The molecule has 3 rings (SSSR count). The first-order valence-electron chi connectivity index (χ1n) is 5.58. The third-order valence-electron chi connectivity index (χ3n) is 5.36. The van der Waals surface area contributed by atoms with Gasteiger partial charge in [-0.25, -0.2) is 0 Å². The smallest absolute Gasteiger partial charge is 0.0173 e. The van der Waals surface area contributed by atoms with Crippen LogP contribution in [0.1, 0.15) is 46.0 Å². The molecular formula is C12H19. The molecule has 0 nitrogen and oxygen atoms in total. The molecule has 0 aromatic carbocycles. The third kappa shape index (κ3) is 0.625. The van der Waals surface area contributed by atoms with E-state index in [9.17, 15) is 0 Å². The molecule has 0 amide bonds. The lowest BCUT2D eigenvalue weighted by Crippen LogP contribution is -2.32. The first kappa shape index (κ1) is 7.41. The predicted octanol–water partition coefficient (Wildman–Crippen LogP) is 3.43. The van der Waals surface area contributed by atoms with Gasteiger partial charge in [0, 0.05) is 0 Å². The van der Waals surface area contributed by atoms with Gasteiger partial charge in [-0.05, 0) is 61.2 Å². The van der Waals surface area contributed by atoms with E-state index in [1.807, 2.05) is 5.92 Å². The highest BCUT2D eigenvalue weighted by Crippen LogP contribution is 2.68. The van der Waals surface area contributed by atoms with E-state index in [1.54, 1.807) is 0 Å². The number of hydrogen-bond acceptors (Lipinski definition) is 0. The SMILES string of the molecule is CC1CCC2C3CC[C](C3)C12C. The van der Waals surface area contributed by atoms with Gasteiger partial charge >= 0.3 is 0 Å². The number of hydrogen-bond donors (Lipinski definition) is 0. The van der Waals surface area contributed by atoms with Crippen molar-refractivity contribution in [1.82, 2.24) is 0 Å². The summed E-state index contributed by atoms with van der Waals surface area (Å²) < 4.78 is 0. The lowest BCUT2D eigenvalue weighted by atomic mass is 9.65. The van der Waals surface area contributed by atoms with Crippen LogP contribution in [0.15, 0.2) is 0 Å². The van der Waals surface area contributed by atoms with Crippen LogP contribution in [0.2, 0.25) is 0 Å². The van der Waals surface area contributed by atoms with Crippen LogP contribution in [0.5, 0.6) is 0 Å². The Bertz CT molecular complexity index is 208. The summed E-state index contributed by atoms with van der Waals surface area (Å²) in [4.78, 5) is 0. The largest absolute Gasteiger partial charge is 0.0620 e. The van der Waals surface area contributed by atoms with E-state index in [2.05, 4.69) is 13.8 Å². The molecule has 0 heteroatoms. The van der Waals surface area contributed by atoms with E-state index in [-0.39, 0.29) is 0 Å². The van der Waals surface area contributed by atoms with Crippen LogP contribution in [-0.4, -0.2) is 0 Å². The van der Waals surface area contributed by atoms with Gasteiger partial charge < -0.3 is 0 Å². The fourth-order valence-corrected chi connectivity index (χ4v) is 4.44. The Kier molecular flexibility index (Phi) is 1.28. The lowest BCUT2D eigenvalue weighted by molar-refractivity contribution is 0.164. The van der Waals surface area contributed by atoms with Crippen molar-refractivity contribution in [3.05, 3.63) is 5.92 Å². The first-order chi connectivity index (χ1) is 5.73.